The fraction of sp³-hybridized carbons (Fsp3) is 0.0476. The highest BCUT2D eigenvalue weighted by molar-refractivity contribution is 9.10. The van der Waals surface area contributed by atoms with Crippen LogP contribution in [0.5, 0.6) is 5.75 Å². The predicted octanol–water partition coefficient (Wildman–Crippen LogP) is 6.00. The molecule has 0 saturated heterocycles. The highest BCUT2D eigenvalue weighted by Gasteiger charge is 2.20. The molecule has 0 radical (unpaired) electrons. The molecule has 0 atom stereocenters. The van der Waals surface area contributed by atoms with Crippen molar-refractivity contribution in [3.8, 4) is 28.3 Å². The normalized spacial score (nSPS) is 10.6. The largest absolute Gasteiger partial charge is 0.496 e. The lowest BCUT2D eigenvalue weighted by atomic mass is 10.1. The molecule has 0 bridgehead atoms. The van der Waals surface area contributed by atoms with Crippen LogP contribution in [-0.4, -0.2) is 22.9 Å². The second kappa shape index (κ2) is 8.70. The Morgan fingerprint density at radius 3 is 2.77 bits per heavy atom. The van der Waals surface area contributed by atoms with E-state index >= 15 is 0 Å². The van der Waals surface area contributed by atoms with Crippen LogP contribution in [0, 0.1) is 10.1 Å². The second-order valence-corrected chi connectivity index (χ2v) is 7.99. The first-order valence-electron chi connectivity index (χ1n) is 8.90. The number of benzene rings is 2. The first kappa shape index (κ1) is 20.8. The zero-order valence-electron chi connectivity index (χ0n) is 16.0. The Kier molecular flexibility index (Phi) is 5.83. The fourth-order valence-electron chi connectivity index (χ4n) is 2.89. The summed E-state index contributed by atoms with van der Waals surface area (Å²) in [5.41, 5.74) is 1.76. The average Bonchev–Trinajstić information content (AvgIpc) is 3.43. The SMILES string of the molecule is COc1ccc(-c2csc(NC(=O)c3ccc(-c4ccccc4[N+](=O)[O-])o3)n2)cc1Br. The van der Waals surface area contributed by atoms with Crippen molar-refractivity contribution in [2.45, 2.75) is 0 Å². The van der Waals surface area contributed by atoms with E-state index in [1.165, 1.54) is 29.5 Å². The predicted molar refractivity (Wildman–Crippen MR) is 121 cm³/mol. The van der Waals surface area contributed by atoms with Gasteiger partial charge in [-0.3, -0.25) is 20.2 Å². The summed E-state index contributed by atoms with van der Waals surface area (Å²) in [5.74, 6) is 0.471. The number of nitro benzene ring substituents is 1. The van der Waals surface area contributed by atoms with Gasteiger partial charge in [0.2, 0.25) is 0 Å². The number of nitro groups is 1. The minimum Gasteiger partial charge on any atom is -0.496 e. The third-order valence-corrected chi connectivity index (χ3v) is 5.75. The van der Waals surface area contributed by atoms with Crippen LogP contribution >= 0.6 is 27.3 Å². The van der Waals surface area contributed by atoms with Crippen molar-refractivity contribution in [3.63, 3.8) is 0 Å². The lowest BCUT2D eigenvalue weighted by molar-refractivity contribution is -0.384. The smallest absolute Gasteiger partial charge is 0.293 e. The van der Waals surface area contributed by atoms with Crippen LogP contribution in [0.15, 0.2) is 68.9 Å². The Morgan fingerprint density at radius 2 is 2.03 bits per heavy atom. The molecular weight excluding hydrogens is 486 g/mol. The molecule has 0 aliphatic rings. The minimum atomic E-state index is -0.498. The Morgan fingerprint density at radius 1 is 1.23 bits per heavy atom. The number of amides is 1. The summed E-state index contributed by atoms with van der Waals surface area (Å²) in [6.45, 7) is 0. The van der Waals surface area contributed by atoms with Gasteiger partial charge in [-0.25, -0.2) is 4.98 Å². The maximum absolute atomic E-state index is 12.6. The maximum atomic E-state index is 12.6. The molecule has 1 amide bonds. The van der Waals surface area contributed by atoms with Gasteiger partial charge in [0.25, 0.3) is 11.6 Å². The molecule has 156 valence electrons. The summed E-state index contributed by atoms with van der Waals surface area (Å²) in [5, 5.41) is 16.1. The van der Waals surface area contributed by atoms with Crippen molar-refractivity contribution >= 4 is 44.0 Å². The lowest BCUT2D eigenvalue weighted by Gasteiger charge is -2.04. The number of methoxy groups -OCH3 is 1. The van der Waals surface area contributed by atoms with Gasteiger partial charge in [0.1, 0.15) is 11.5 Å². The van der Waals surface area contributed by atoms with Crippen molar-refractivity contribution in [1.29, 1.82) is 0 Å². The van der Waals surface area contributed by atoms with Crippen molar-refractivity contribution in [1.82, 2.24) is 4.98 Å². The van der Waals surface area contributed by atoms with Crippen molar-refractivity contribution in [2.24, 2.45) is 0 Å². The van der Waals surface area contributed by atoms with Gasteiger partial charge >= 0.3 is 0 Å². The van der Waals surface area contributed by atoms with Crippen molar-refractivity contribution in [2.75, 3.05) is 12.4 Å². The van der Waals surface area contributed by atoms with Crippen LogP contribution in [0.4, 0.5) is 10.8 Å². The lowest BCUT2D eigenvalue weighted by Crippen LogP contribution is -2.10. The highest BCUT2D eigenvalue weighted by Crippen LogP contribution is 2.33. The van der Waals surface area contributed by atoms with Gasteiger partial charge in [-0.1, -0.05) is 12.1 Å². The number of rotatable bonds is 6. The van der Waals surface area contributed by atoms with Crippen LogP contribution in [0.3, 0.4) is 0 Å². The maximum Gasteiger partial charge on any atom is 0.293 e. The number of nitrogens with zero attached hydrogens (tertiary/aromatic N) is 2. The van der Waals surface area contributed by atoms with Crippen LogP contribution in [0.2, 0.25) is 0 Å². The van der Waals surface area contributed by atoms with E-state index < -0.39 is 10.8 Å². The highest BCUT2D eigenvalue weighted by atomic mass is 79.9. The molecule has 10 heteroatoms. The third kappa shape index (κ3) is 4.35. The van der Waals surface area contributed by atoms with E-state index in [1.807, 2.05) is 23.6 Å². The number of hydrogen-bond acceptors (Lipinski definition) is 7. The van der Waals surface area contributed by atoms with Gasteiger partial charge in [-0.05, 0) is 52.3 Å². The average molecular weight is 500 g/mol. The van der Waals surface area contributed by atoms with E-state index in [0.717, 1.165) is 10.0 Å². The molecule has 0 fully saturated rings. The fourth-order valence-corrected chi connectivity index (χ4v) is 4.15. The number of para-hydroxylation sites is 1. The van der Waals surface area contributed by atoms with Crippen LogP contribution in [0.25, 0.3) is 22.6 Å². The number of ether oxygens (including phenoxy) is 1. The van der Waals surface area contributed by atoms with E-state index in [4.69, 9.17) is 9.15 Å². The molecule has 4 rings (SSSR count). The number of nitrogens with one attached hydrogen (secondary N) is 1. The van der Waals surface area contributed by atoms with E-state index in [-0.39, 0.29) is 17.2 Å². The minimum absolute atomic E-state index is 0.0251. The topological polar surface area (TPSA) is 108 Å². The zero-order valence-corrected chi connectivity index (χ0v) is 18.4. The molecule has 0 saturated carbocycles. The monoisotopic (exact) mass is 499 g/mol. The number of anilines is 1. The molecule has 0 aliphatic heterocycles. The molecule has 1 N–H and O–H groups in total. The van der Waals surface area contributed by atoms with E-state index in [9.17, 15) is 14.9 Å². The summed E-state index contributed by atoms with van der Waals surface area (Å²) < 4.78 is 11.6. The third-order valence-electron chi connectivity index (χ3n) is 4.37. The summed E-state index contributed by atoms with van der Waals surface area (Å²) in [6.07, 6.45) is 0. The molecule has 2 aromatic heterocycles. The molecule has 8 nitrogen and oxygen atoms in total. The Hall–Kier alpha value is -3.50. The van der Waals surface area contributed by atoms with Gasteiger partial charge in [0.15, 0.2) is 10.9 Å². The zero-order chi connectivity index (χ0) is 22.0. The van der Waals surface area contributed by atoms with Crippen molar-refractivity contribution in [3.05, 3.63) is 80.3 Å². The summed E-state index contributed by atoms with van der Waals surface area (Å²) >= 11 is 4.72. The van der Waals surface area contributed by atoms with Crippen LogP contribution < -0.4 is 10.1 Å². The number of halogens is 1. The van der Waals surface area contributed by atoms with Gasteiger partial charge in [0, 0.05) is 17.0 Å². The summed E-state index contributed by atoms with van der Waals surface area (Å²) in [4.78, 5) is 27.7. The first-order valence-corrected chi connectivity index (χ1v) is 10.6. The Bertz CT molecular complexity index is 1280. The standard InChI is InChI=1S/C21H14BrN3O5S/c1-29-18-7-6-12(10-14(18)22)15-11-31-21(23-15)24-20(26)19-9-8-17(30-19)13-4-2-3-5-16(13)25(27)28/h2-11H,1H3,(H,23,24,26). The van der Waals surface area contributed by atoms with E-state index in [0.29, 0.717) is 22.1 Å². The van der Waals surface area contributed by atoms with Crippen LogP contribution in [-0.2, 0) is 0 Å². The number of carbonyl (C=O) groups excluding carboxylic acids is 1. The Labute approximate surface area is 188 Å². The molecule has 0 spiro atoms. The van der Waals surface area contributed by atoms with E-state index in [2.05, 4.69) is 26.2 Å². The number of furan rings is 1. The number of thiazole rings is 1. The van der Waals surface area contributed by atoms with Crippen LogP contribution in [0.1, 0.15) is 10.6 Å². The van der Waals surface area contributed by atoms with Gasteiger partial charge in [0.05, 0.1) is 27.8 Å². The summed E-state index contributed by atoms with van der Waals surface area (Å²) in [7, 11) is 1.59. The van der Waals surface area contributed by atoms with Gasteiger partial charge < -0.3 is 9.15 Å². The molecule has 2 aromatic carbocycles. The first-order chi connectivity index (χ1) is 15.0. The molecule has 31 heavy (non-hydrogen) atoms. The Balaban J connectivity index is 1.52. The molecule has 2 heterocycles. The van der Waals surface area contributed by atoms with Gasteiger partial charge in [-0.2, -0.15) is 0 Å². The second-order valence-electron chi connectivity index (χ2n) is 6.28. The quantitative estimate of drug-likeness (QED) is 0.257. The summed E-state index contributed by atoms with van der Waals surface area (Å²) in [6, 6.07) is 14.8. The van der Waals surface area contributed by atoms with E-state index in [1.54, 1.807) is 25.3 Å². The number of carbonyl (C=O) groups is 1. The molecular formula is C21H14BrN3O5S. The number of hydrogen-bond donors (Lipinski definition) is 1. The molecule has 0 unspecified atom stereocenters. The van der Waals surface area contributed by atoms with Gasteiger partial charge in [-0.15, -0.1) is 11.3 Å². The van der Waals surface area contributed by atoms with Crippen molar-refractivity contribution < 1.29 is 18.9 Å². The molecule has 4 aromatic rings. The molecule has 0 aliphatic carbocycles. The number of aromatic nitrogens is 1.